The molecule has 0 amide bonds. The third-order valence-electron chi connectivity index (χ3n) is 2.68. The molecule has 0 unspecified atom stereocenters. The van der Waals surface area contributed by atoms with E-state index in [9.17, 15) is 0 Å². The van der Waals surface area contributed by atoms with Gasteiger partial charge in [-0.1, -0.05) is 24.4 Å². The molecule has 0 fully saturated rings. The number of H-pyrrole nitrogens is 1. The van der Waals surface area contributed by atoms with Gasteiger partial charge < -0.3 is 4.98 Å². The van der Waals surface area contributed by atoms with Crippen molar-refractivity contribution in [3.63, 3.8) is 0 Å². The van der Waals surface area contributed by atoms with Gasteiger partial charge in [-0.2, -0.15) is 0 Å². The molecule has 3 heteroatoms. The topological polar surface area (TPSA) is 28.7 Å². The largest absolute Gasteiger partial charge is 0.343 e. The van der Waals surface area contributed by atoms with E-state index in [0.29, 0.717) is 4.64 Å². The van der Waals surface area contributed by atoms with E-state index in [2.05, 4.69) is 42.0 Å². The molecule has 1 aromatic heterocycles. The van der Waals surface area contributed by atoms with E-state index < -0.39 is 0 Å². The number of hydrogen-bond acceptors (Lipinski definition) is 2. The van der Waals surface area contributed by atoms with Gasteiger partial charge in [0.15, 0.2) is 0 Å². The maximum Gasteiger partial charge on any atom is 0.130 e. The van der Waals surface area contributed by atoms with Gasteiger partial charge >= 0.3 is 0 Å². The quantitative estimate of drug-likeness (QED) is 0.756. The molecule has 0 saturated carbocycles. The second kappa shape index (κ2) is 4.18. The summed E-state index contributed by atoms with van der Waals surface area (Å²) in [5, 5.41) is 0. The predicted molar refractivity (Wildman–Crippen MR) is 69.1 cm³/mol. The lowest BCUT2D eigenvalue weighted by Crippen LogP contribution is -1.92. The van der Waals surface area contributed by atoms with Gasteiger partial charge in [-0.25, -0.2) is 4.98 Å². The van der Waals surface area contributed by atoms with Crippen LogP contribution in [0.25, 0.3) is 11.3 Å². The normalized spacial score (nSPS) is 10.4. The third kappa shape index (κ3) is 2.19. The highest BCUT2D eigenvalue weighted by Crippen LogP contribution is 2.20. The van der Waals surface area contributed by atoms with Gasteiger partial charge in [-0.15, -0.1) is 0 Å². The van der Waals surface area contributed by atoms with Crippen molar-refractivity contribution in [2.45, 2.75) is 20.8 Å². The second-order valence-electron chi connectivity index (χ2n) is 4.02. The Bertz CT molecular complexity index is 585. The number of rotatable bonds is 1. The third-order valence-corrected chi connectivity index (χ3v) is 2.89. The van der Waals surface area contributed by atoms with Crippen LogP contribution in [0.4, 0.5) is 0 Å². The van der Waals surface area contributed by atoms with Crippen molar-refractivity contribution in [1.82, 2.24) is 9.97 Å². The lowest BCUT2D eigenvalue weighted by atomic mass is 10.0. The fraction of sp³-hybridized carbons (Fsp3) is 0.231. The first-order chi connectivity index (χ1) is 7.56. The Morgan fingerprint density at radius 3 is 2.44 bits per heavy atom. The molecule has 82 valence electrons. The van der Waals surface area contributed by atoms with E-state index in [1.165, 1.54) is 11.1 Å². The molecule has 2 nitrogen and oxygen atoms in total. The van der Waals surface area contributed by atoms with Crippen molar-refractivity contribution in [2.24, 2.45) is 0 Å². The molecule has 16 heavy (non-hydrogen) atoms. The molecule has 0 radical (unpaired) electrons. The van der Waals surface area contributed by atoms with Gasteiger partial charge in [0, 0.05) is 5.69 Å². The van der Waals surface area contributed by atoms with E-state index in [-0.39, 0.29) is 0 Å². The number of hydrogen-bond donors (Lipinski definition) is 1. The van der Waals surface area contributed by atoms with E-state index >= 15 is 0 Å². The summed E-state index contributed by atoms with van der Waals surface area (Å²) in [7, 11) is 0. The molecular formula is C13H14N2S. The van der Waals surface area contributed by atoms with E-state index in [1.54, 1.807) is 0 Å². The SMILES string of the molecule is Cc1nc(=S)cc(-c2ccc(C)c(C)c2)[nH]1. The maximum absolute atomic E-state index is 5.11. The van der Waals surface area contributed by atoms with Crippen LogP contribution in [0.5, 0.6) is 0 Å². The van der Waals surface area contributed by atoms with Gasteiger partial charge in [-0.3, -0.25) is 0 Å². The summed E-state index contributed by atoms with van der Waals surface area (Å²) in [4.78, 5) is 7.39. The highest BCUT2D eigenvalue weighted by Gasteiger charge is 2.01. The number of benzene rings is 1. The zero-order chi connectivity index (χ0) is 11.7. The minimum Gasteiger partial charge on any atom is -0.343 e. The standard InChI is InChI=1S/C13H14N2S/c1-8-4-5-11(6-9(8)2)12-7-13(16)15-10(3)14-12/h4-7H,1-3H3,(H,14,15,16). The number of nitrogens with one attached hydrogen (secondary N) is 1. The highest BCUT2D eigenvalue weighted by molar-refractivity contribution is 7.71. The molecule has 0 spiro atoms. The van der Waals surface area contributed by atoms with E-state index in [0.717, 1.165) is 17.1 Å². The van der Waals surface area contributed by atoms with Crippen molar-refractivity contribution < 1.29 is 0 Å². The summed E-state index contributed by atoms with van der Waals surface area (Å²) in [6.45, 7) is 6.14. The monoisotopic (exact) mass is 230 g/mol. The van der Waals surface area contributed by atoms with Gasteiger partial charge in [0.1, 0.15) is 10.5 Å². The van der Waals surface area contributed by atoms with Crippen LogP contribution in [-0.2, 0) is 0 Å². The lowest BCUT2D eigenvalue weighted by Gasteiger charge is -2.06. The average molecular weight is 230 g/mol. The Labute approximate surface area is 100 Å². The zero-order valence-electron chi connectivity index (χ0n) is 9.66. The van der Waals surface area contributed by atoms with Crippen LogP contribution in [-0.4, -0.2) is 9.97 Å². The van der Waals surface area contributed by atoms with Crippen LogP contribution in [0.15, 0.2) is 24.3 Å². The predicted octanol–water partition coefficient (Wildman–Crippen LogP) is 3.73. The van der Waals surface area contributed by atoms with Gasteiger partial charge in [-0.05, 0) is 49.6 Å². The molecule has 0 atom stereocenters. The first-order valence-corrected chi connectivity index (χ1v) is 5.62. The van der Waals surface area contributed by atoms with Crippen LogP contribution in [0.1, 0.15) is 17.0 Å². The van der Waals surface area contributed by atoms with Crippen LogP contribution >= 0.6 is 12.2 Å². The summed E-state index contributed by atoms with van der Waals surface area (Å²) < 4.78 is 0.629. The summed E-state index contributed by atoms with van der Waals surface area (Å²) >= 11 is 5.11. The molecule has 0 saturated heterocycles. The van der Waals surface area contributed by atoms with Crippen LogP contribution in [0.2, 0.25) is 0 Å². The molecule has 1 heterocycles. The zero-order valence-corrected chi connectivity index (χ0v) is 10.5. The average Bonchev–Trinajstić information content (AvgIpc) is 2.20. The van der Waals surface area contributed by atoms with Crippen LogP contribution in [0.3, 0.4) is 0 Å². The van der Waals surface area contributed by atoms with E-state index in [1.807, 2.05) is 13.0 Å². The molecular weight excluding hydrogens is 216 g/mol. The smallest absolute Gasteiger partial charge is 0.130 e. The lowest BCUT2D eigenvalue weighted by molar-refractivity contribution is 1.05. The molecule has 1 aromatic carbocycles. The second-order valence-corrected chi connectivity index (χ2v) is 4.44. The summed E-state index contributed by atoms with van der Waals surface area (Å²) in [5.41, 5.74) is 4.76. The van der Waals surface area contributed by atoms with Crippen LogP contribution in [0, 0.1) is 25.4 Å². The fourth-order valence-corrected chi connectivity index (χ4v) is 1.90. The van der Waals surface area contributed by atoms with Crippen LogP contribution < -0.4 is 0 Å². The Hall–Kier alpha value is -1.48. The number of aryl methyl sites for hydroxylation is 3. The molecule has 0 bridgehead atoms. The fourth-order valence-electron chi connectivity index (χ4n) is 1.64. The summed E-state index contributed by atoms with van der Waals surface area (Å²) in [6, 6.07) is 8.28. The number of aromatic nitrogens is 2. The first kappa shape index (κ1) is 11.0. The molecule has 1 N–H and O–H groups in total. The molecule has 2 rings (SSSR count). The number of aromatic amines is 1. The van der Waals surface area contributed by atoms with Crippen molar-refractivity contribution in [2.75, 3.05) is 0 Å². The highest BCUT2D eigenvalue weighted by atomic mass is 32.1. The van der Waals surface area contributed by atoms with Crippen molar-refractivity contribution in [3.05, 3.63) is 45.9 Å². The minimum absolute atomic E-state index is 0.629. The Morgan fingerprint density at radius 2 is 1.81 bits per heavy atom. The van der Waals surface area contributed by atoms with Gasteiger partial charge in [0.05, 0.1) is 0 Å². The Morgan fingerprint density at radius 1 is 1.06 bits per heavy atom. The van der Waals surface area contributed by atoms with E-state index in [4.69, 9.17) is 12.2 Å². The first-order valence-electron chi connectivity index (χ1n) is 5.22. The number of nitrogens with zero attached hydrogens (tertiary/aromatic N) is 1. The maximum atomic E-state index is 5.11. The summed E-state index contributed by atoms with van der Waals surface area (Å²) in [5.74, 6) is 0.848. The Balaban J connectivity index is 2.58. The van der Waals surface area contributed by atoms with Crippen molar-refractivity contribution in [3.8, 4) is 11.3 Å². The van der Waals surface area contributed by atoms with Gasteiger partial charge in [0.2, 0.25) is 0 Å². The molecule has 0 aliphatic carbocycles. The van der Waals surface area contributed by atoms with Crippen molar-refractivity contribution in [1.29, 1.82) is 0 Å². The Kier molecular flexibility index (Phi) is 2.88. The molecule has 2 aromatic rings. The minimum atomic E-state index is 0.629. The molecule has 0 aliphatic rings. The molecule has 0 aliphatic heterocycles. The summed E-state index contributed by atoms with van der Waals surface area (Å²) in [6.07, 6.45) is 0. The van der Waals surface area contributed by atoms with Gasteiger partial charge in [0.25, 0.3) is 0 Å². The van der Waals surface area contributed by atoms with Crippen molar-refractivity contribution >= 4 is 12.2 Å².